The fourth-order valence-corrected chi connectivity index (χ4v) is 1.92. The van der Waals surface area contributed by atoms with Gasteiger partial charge in [0.15, 0.2) is 17.3 Å². The van der Waals surface area contributed by atoms with E-state index in [2.05, 4.69) is 14.9 Å². The quantitative estimate of drug-likeness (QED) is 0.447. The normalized spacial score (nSPS) is 10.4. The number of anilines is 3. The molecule has 0 spiro atoms. The largest absolute Gasteiger partial charge is 0.379 e. The van der Waals surface area contributed by atoms with Gasteiger partial charge in [0, 0.05) is 14.1 Å². The zero-order chi connectivity index (χ0) is 14.9. The van der Waals surface area contributed by atoms with Gasteiger partial charge in [0.1, 0.15) is 0 Å². The molecule has 20 heavy (non-hydrogen) atoms. The van der Waals surface area contributed by atoms with Crippen LogP contribution in [0.2, 0.25) is 5.02 Å². The van der Waals surface area contributed by atoms with Crippen molar-refractivity contribution in [3.63, 3.8) is 0 Å². The van der Waals surface area contributed by atoms with Crippen molar-refractivity contribution in [2.75, 3.05) is 29.8 Å². The summed E-state index contributed by atoms with van der Waals surface area (Å²) < 4.78 is 4.39. The average Bonchev–Trinajstić information content (AvgIpc) is 2.82. The number of nitrogen functional groups attached to an aromatic ring is 1. The number of nitrogens with two attached hydrogens (primary N) is 1. The lowest BCUT2D eigenvalue weighted by molar-refractivity contribution is 0.300. The molecule has 8 nitrogen and oxygen atoms in total. The van der Waals surface area contributed by atoms with Crippen LogP contribution in [0, 0.1) is 5.41 Å². The fourth-order valence-electron chi connectivity index (χ4n) is 1.58. The highest BCUT2D eigenvalue weighted by molar-refractivity contribution is 6.33. The number of hydrogen-bond donors (Lipinski definition) is 3. The number of aromatic nitrogens is 2. The van der Waals surface area contributed by atoms with E-state index in [1.165, 1.54) is 6.07 Å². The van der Waals surface area contributed by atoms with Crippen molar-refractivity contribution in [3.05, 3.63) is 28.9 Å². The molecule has 2 rings (SSSR count). The maximum absolute atomic E-state index is 10.0. The Balaban J connectivity index is 2.30. The van der Waals surface area contributed by atoms with Gasteiger partial charge in [-0.2, -0.15) is 0 Å². The summed E-state index contributed by atoms with van der Waals surface area (Å²) in [7, 11) is 3.70. The van der Waals surface area contributed by atoms with E-state index in [4.69, 9.17) is 22.7 Å². The zero-order valence-corrected chi connectivity index (χ0v) is 11.6. The van der Waals surface area contributed by atoms with E-state index in [1.807, 2.05) is 19.0 Å². The summed E-state index contributed by atoms with van der Waals surface area (Å²) >= 11 is 6.11. The van der Waals surface area contributed by atoms with Crippen LogP contribution in [0.4, 0.5) is 17.2 Å². The van der Waals surface area contributed by atoms with Gasteiger partial charge in [-0.1, -0.05) is 11.6 Å². The van der Waals surface area contributed by atoms with Gasteiger partial charge in [-0.15, -0.1) is 0 Å². The highest BCUT2D eigenvalue weighted by atomic mass is 35.5. The standard InChI is InChI=1S/C11H13ClN6O2/c1-17(2)8-4-3-6(5-7(8)12)18(19)11(14)9-10(13)16-20-15-9/h3-5,14,19H,1-2H3,(H2,13,16). The molecule has 0 aliphatic rings. The van der Waals surface area contributed by atoms with Crippen LogP contribution in [0.1, 0.15) is 5.69 Å². The van der Waals surface area contributed by atoms with E-state index in [9.17, 15) is 5.21 Å². The van der Waals surface area contributed by atoms with Gasteiger partial charge in [-0.3, -0.25) is 10.6 Å². The number of nitrogens with one attached hydrogen (secondary N) is 1. The van der Waals surface area contributed by atoms with Crippen LogP contribution in [-0.4, -0.2) is 35.5 Å². The predicted octanol–water partition coefficient (Wildman–Crippen LogP) is 1.59. The molecule has 1 heterocycles. The third-order valence-corrected chi connectivity index (χ3v) is 2.91. The smallest absolute Gasteiger partial charge is 0.199 e. The summed E-state index contributed by atoms with van der Waals surface area (Å²) in [5.74, 6) is -0.442. The van der Waals surface area contributed by atoms with Gasteiger partial charge in [0.05, 0.1) is 16.4 Å². The van der Waals surface area contributed by atoms with Crippen molar-refractivity contribution in [2.45, 2.75) is 0 Å². The number of rotatable bonds is 3. The minimum Gasteiger partial charge on any atom is -0.379 e. The Morgan fingerprint density at radius 1 is 1.40 bits per heavy atom. The summed E-state index contributed by atoms with van der Waals surface area (Å²) in [5.41, 5.74) is 6.51. The second-order valence-corrected chi connectivity index (χ2v) is 4.60. The molecule has 0 fully saturated rings. The molecule has 1 aromatic carbocycles. The second kappa shape index (κ2) is 5.35. The molecule has 0 aliphatic heterocycles. The Morgan fingerprint density at radius 3 is 2.60 bits per heavy atom. The third-order valence-electron chi connectivity index (χ3n) is 2.61. The summed E-state index contributed by atoms with van der Waals surface area (Å²) in [4.78, 5) is 1.83. The minimum atomic E-state index is -0.364. The van der Waals surface area contributed by atoms with E-state index < -0.39 is 0 Å². The molecule has 1 aromatic heterocycles. The average molecular weight is 297 g/mol. The third kappa shape index (κ3) is 2.51. The van der Waals surface area contributed by atoms with Crippen LogP contribution in [0.5, 0.6) is 0 Å². The lowest BCUT2D eigenvalue weighted by Crippen LogP contribution is -2.28. The Kier molecular flexibility index (Phi) is 3.77. The number of hydroxylamine groups is 1. The molecule has 0 saturated heterocycles. The van der Waals surface area contributed by atoms with Gasteiger partial charge in [0.2, 0.25) is 0 Å². The first kappa shape index (κ1) is 14.1. The highest BCUT2D eigenvalue weighted by Gasteiger charge is 2.20. The van der Waals surface area contributed by atoms with Crippen LogP contribution >= 0.6 is 11.6 Å². The van der Waals surface area contributed by atoms with E-state index >= 15 is 0 Å². The Bertz CT molecular complexity index is 642. The molecule has 4 N–H and O–H groups in total. The molecule has 0 radical (unpaired) electrons. The summed E-state index contributed by atoms with van der Waals surface area (Å²) in [5, 5.41) is 25.7. The molecular formula is C11H13ClN6O2. The molecular weight excluding hydrogens is 284 g/mol. The lowest BCUT2D eigenvalue weighted by Gasteiger charge is -2.19. The maximum atomic E-state index is 10.0. The number of nitrogens with zero attached hydrogens (tertiary/aromatic N) is 4. The van der Waals surface area contributed by atoms with Gasteiger partial charge >= 0.3 is 0 Å². The van der Waals surface area contributed by atoms with Crippen LogP contribution in [0.15, 0.2) is 22.8 Å². The van der Waals surface area contributed by atoms with Crippen molar-refractivity contribution in [1.82, 2.24) is 10.3 Å². The van der Waals surface area contributed by atoms with Crippen molar-refractivity contribution in [3.8, 4) is 0 Å². The summed E-state index contributed by atoms with van der Waals surface area (Å²) in [6, 6.07) is 4.85. The summed E-state index contributed by atoms with van der Waals surface area (Å²) in [6.07, 6.45) is 0. The minimum absolute atomic E-state index is 0.0553. The summed E-state index contributed by atoms with van der Waals surface area (Å²) in [6.45, 7) is 0. The first-order valence-corrected chi connectivity index (χ1v) is 5.92. The van der Waals surface area contributed by atoms with Gasteiger partial charge in [0.25, 0.3) is 0 Å². The van der Waals surface area contributed by atoms with Crippen molar-refractivity contribution < 1.29 is 9.84 Å². The van der Waals surface area contributed by atoms with Crippen molar-refractivity contribution in [2.24, 2.45) is 0 Å². The Labute approximate surface area is 119 Å². The number of hydrogen-bond acceptors (Lipinski definition) is 7. The Morgan fingerprint density at radius 2 is 2.10 bits per heavy atom. The Hall–Kier alpha value is -2.32. The molecule has 0 saturated carbocycles. The van der Waals surface area contributed by atoms with Crippen molar-refractivity contribution in [1.29, 1.82) is 5.41 Å². The zero-order valence-electron chi connectivity index (χ0n) is 10.8. The number of benzene rings is 1. The topological polar surface area (TPSA) is 116 Å². The molecule has 0 atom stereocenters. The molecule has 106 valence electrons. The molecule has 0 amide bonds. The lowest BCUT2D eigenvalue weighted by atomic mass is 10.2. The van der Waals surface area contributed by atoms with Gasteiger partial charge in [-0.05, 0) is 28.5 Å². The molecule has 2 aromatic rings. The number of amidine groups is 1. The predicted molar refractivity (Wildman–Crippen MR) is 75.6 cm³/mol. The van der Waals surface area contributed by atoms with Gasteiger partial charge in [-0.25, -0.2) is 9.69 Å². The SMILES string of the molecule is CN(C)c1ccc(N(O)C(=N)c2nonc2N)cc1Cl. The number of halogens is 1. The van der Waals surface area contributed by atoms with E-state index in [-0.39, 0.29) is 17.3 Å². The van der Waals surface area contributed by atoms with E-state index in [1.54, 1.807) is 12.1 Å². The molecule has 0 aliphatic carbocycles. The fraction of sp³-hybridized carbons (Fsp3) is 0.182. The first-order valence-electron chi connectivity index (χ1n) is 5.54. The van der Waals surface area contributed by atoms with Crippen LogP contribution in [0.3, 0.4) is 0 Å². The van der Waals surface area contributed by atoms with Crippen molar-refractivity contribution >= 4 is 34.6 Å². The first-order chi connectivity index (χ1) is 9.41. The molecule has 0 bridgehead atoms. The van der Waals surface area contributed by atoms with Crippen LogP contribution < -0.4 is 15.7 Å². The molecule has 9 heteroatoms. The molecule has 0 unspecified atom stereocenters. The van der Waals surface area contributed by atoms with E-state index in [0.717, 1.165) is 5.69 Å². The van der Waals surface area contributed by atoms with E-state index in [0.29, 0.717) is 15.8 Å². The second-order valence-electron chi connectivity index (χ2n) is 4.19. The van der Waals surface area contributed by atoms with Crippen LogP contribution in [0.25, 0.3) is 0 Å². The van der Waals surface area contributed by atoms with Gasteiger partial charge < -0.3 is 10.6 Å². The maximum Gasteiger partial charge on any atom is 0.199 e. The van der Waals surface area contributed by atoms with Crippen LogP contribution in [-0.2, 0) is 0 Å². The highest BCUT2D eigenvalue weighted by Crippen LogP contribution is 2.29. The monoisotopic (exact) mass is 296 g/mol.